The van der Waals surface area contributed by atoms with E-state index in [1.54, 1.807) is 0 Å². The maximum absolute atomic E-state index is 12.8. The van der Waals surface area contributed by atoms with Gasteiger partial charge in [0.25, 0.3) is 0 Å². The molecule has 0 aliphatic carbocycles. The van der Waals surface area contributed by atoms with Crippen molar-refractivity contribution in [3.05, 3.63) is 35.1 Å². The molecule has 0 saturated carbocycles. The smallest absolute Gasteiger partial charge is 0.161 e. The third-order valence-electron chi connectivity index (χ3n) is 1.30. The van der Waals surface area contributed by atoms with Crippen molar-refractivity contribution in [1.29, 1.82) is 0 Å². The van der Waals surface area contributed by atoms with Gasteiger partial charge >= 0.3 is 0 Å². The topological polar surface area (TPSA) is 0 Å². The van der Waals surface area contributed by atoms with Crippen LogP contribution in [0.2, 0.25) is 0 Å². The van der Waals surface area contributed by atoms with E-state index in [2.05, 4.69) is 11.8 Å². The number of rotatable bonds is 0. The molecule has 0 heterocycles. The van der Waals surface area contributed by atoms with Crippen LogP contribution < -0.4 is 0 Å². The van der Waals surface area contributed by atoms with Crippen LogP contribution in [-0.4, -0.2) is 5.88 Å². The van der Waals surface area contributed by atoms with Gasteiger partial charge in [-0.05, 0) is 6.07 Å². The second-order valence-corrected chi connectivity index (χ2v) is 2.45. The van der Waals surface area contributed by atoms with Crippen molar-refractivity contribution in [1.82, 2.24) is 0 Å². The first-order valence-electron chi connectivity index (χ1n) is 3.34. The Labute approximate surface area is 78.3 Å². The lowest BCUT2D eigenvalue weighted by Crippen LogP contribution is -1.90. The molecule has 68 valence electrons. The summed E-state index contributed by atoms with van der Waals surface area (Å²) in [6.07, 6.45) is 0. The molecule has 1 aromatic carbocycles. The second-order valence-electron chi connectivity index (χ2n) is 2.18. The van der Waals surface area contributed by atoms with E-state index in [-0.39, 0.29) is 11.4 Å². The van der Waals surface area contributed by atoms with E-state index in [9.17, 15) is 13.2 Å². The molecule has 0 aliphatic heterocycles. The molecule has 0 unspecified atom stereocenters. The fraction of sp³-hybridized carbons (Fsp3) is 0.111. The summed E-state index contributed by atoms with van der Waals surface area (Å²) < 4.78 is 37.7. The Bertz CT molecular complexity index is 376. The van der Waals surface area contributed by atoms with Gasteiger partial charge in [-0.25, -0.2) is 13.2 Å². The van der Waals surface area contributed by atoms with Crippen molar-refractivity contribution >= 4 is 11.6 Å². The van der Waals surface area contributed by atoms with Crippen LogP contribution in [0.25, 0.3) is 0 Å². The maximum atomic E-state index is 12.8. The van der Waals surface area contributed by atoms with Crippen molar-refractivity contribution in [2.45, 2.75) is 0 Å². The van der Waals surface area contributed by atoms with Crippen molar-refractivity contribution in [2.24, 2.45) is 0 Å². The van der Waals surface area contributed by atoms with E-state index in [1.807, 2.05) is 0 Å². The average molecular weight is 205 g/mol. The van der Waals surface area contributed by atoms with E-state index in [1.165, 1.54) is 0 Å². The summed E-state index contributed by atoms with van der Waals surface area (Å²) in [4.78, 5) is 0. The van der Waals surface area contributed by atoms with Gasteiger partial charge in [-0.1, -0.05) is 11.8 Å². The molecule has 0 bridgehead atoms. The van der Waals surface area contributed by atoms with Crippen LogP contribution in [0.1, 0.15) is 5.56 Å². The first kappa shape index (κ1) is 9.94. The average Bonchev–Trinajstić information content (AvgIpc) is 2.09. The predicted molar refractivity (Wildman–Crippen MR) is 43.9 cm³/mol. The van der Waals surface area contributed by atoms with E-state index in [4.69, 9.17) is 11.6 Å². The minimum Gasteiger partial charge on any atom is -0.206 e. The normalized spacial score (nSPS) is 9.23. The highest BCUT2D eigenvalue weighted by Gasteiger charge is 2.07. The Morgan fingerprint density at radius 3 is 2.31 bits per heavy atom. The predicted octanol–water partition coefficient (Wildman–Crippen LogP) is 2.69. The van der Waals surface area contributed by atoms with Gasteiger partial charge in [0.1, 0.15) is 5.82 Å². The Morgan fingerprint density at radius 1 is 1.08 bits per heavy atom. The molecule has 0 saturated heterocycles. The van der Waals surface area contributed by atoms with E-state index >= 15 is 0 Å². The summed E-state index contributed by atoms with van der Waals surface area (Å²) in [6, 6.07) is 1.15. The van der Waals surface area contributed by atoms with Crippen molar-refractivity contribution < 1.29 is 13.2 Å². The van der Waals surface area contributed by atoms with Gasteiger partial charge in [-0.15, -0.1) is 11.6 Å². The lowest BCUT2D eigenvalue weighted by atomic mass is 10.2. The zero-order chi connectivity index (χ0) is 9.84. The van der Waals surface area contributed by atoms with Crippen LogP contribution in [0.15, 0.2) is 12.1 Å². The molecule has 0 N–H and O–H groups in total. The van der Waals surface area contributed by atoms with Crippen LogP contribution in [0.4, 0.5) is 13.2 Å². The summed E-state index contributed by atoms with van der Waals surface area (Å²) in [5.74, 6) is 1.37. The van der Waals surface area contributed by atoms with Gasteiger partial charge in [0, 0.05) is 6.07 Å². The number of hydrogen-bond donors (Lipinski definition) is 0. The zero-order valence-corrected chi connectivity index (χ0v) is 7.13. The summed E-state index contributed by atoms with van der Waals surface area (Å²) in [5.41, 5.74) is -0.195. The minimum atomic E-state index is -1.23. The molecule has 0 fully saturated rings. The Kier molecular flexibility index (Phi) is 3.21. The van der Waals surface area contributed by atoms with Gasteiger partial charge < -0.3 is 0 Å². The Hall–Kier alpha value is -1.14. The van der Waals surface area contributed by atoms with Crippen molar-refractivity contribution in [3.63, 3.8) is 0 Å². The van der Waals surface area contributed by atoms with Crippen LogP contribution in [-0.2, 0) is 0 Å². The summed E-state index contributed by atoms with van der Waals surface area (Å²) in [7, 11) is 0. The first-order valence-corrected chi connectivity index (χ1v) is 3.88. The molecule has 1 aromatic rings. The van der Waals surface area contributed by atoms with Gasteiger partial charge in [0.05, 0.1) is 11.4 Å². The fourth-order valence-corrected chi connectivity index (χ4v) is 0.814. The third kappa shape index (κ3) is 2.40. The summed E-state index contributed by atoms with van der Waals surface area (Å²) in [5, 5.41) is 0. The van der Waals surface area contributed by atoms with Crippen LogP contribution in [0.3, 0.4) is 0 Å². The monoisotopic (exact) mass is 204 g/mol. The fourth-order valence-electron chi connectivity index (χ4n) is 0.747. The molecular formula is C9H4ClF3. The van der Waals surface area contributed by atoms with Crippen LogP contribution >= 0.6 is 11.6 Å². The number of hydrogen-bond acceptors (Lipinski definition) is 0. The molecule has 0 nitrogen and oxygen atoms in total. The van der Waals surface area contributed by atoms with Gasteiger partial charge in [0.2, 0.25) is 0 Å². The number of alkyl halides is 1. The molecule has 1 rings (SSSR count). The quantitative estimate of drug-likeness (QED) is 0.346. The summed E-state index contributed by atoms with van der Waals surface area (Å²) >= 11 is 5.21. The van der Waals surface area contributed by atoms with Crippen LogP contribution in [0.5, 0.6) is 0 Å². The molecule has 0 aliphatic rings. The molecule has 13 heavy (non-hydrogen) atoms. The maximum Gasteiger partial charge on any atom is 0.161 e. The molecule has 0 aromatic heterocycles. The summed E-state index contributed by atoms with van der Waals surface area (Å²) in [6.45, 7) is 0. The highest BCUT2D eigenvalue weighted by atomic mass is 35.5. The van der Waals surface area contributed by atoms with E-state index in [0.29, 0.717) is 12.1 Å². The number of halogens is 4. The molecule has 0 radical (unpaired) electrons. The highest BCUT2D eigenvalue weighted by Crippen LogP contribution is 2.12. The largest absolute Gasteiger partial charge is 0.206 e. The SMILES string of the molecule is Fc1cc(F)c(C#CCCl)cc1F. The lowest BCUT2D eigenvalue weighted by molar-refractivity contribution is 0.494. The van der Waals surface area contributed by atoms with Gasteiger partial charge in [-0.2, -0.15) is 0 Å². The molecule has 4 heteroatoms. The highest BCUT2D eigenvalue weighted by molar-refractivity contribution is 6.19. The standard InChI is InChI=1S/C9H4ClF3/c10-3-1-2-6-4-8(12)9(13)5-7(6)11/h4-5H,3H2. The van der Waals surface area contributed by atoms with Gasteiger partial charge in [-0.3, -0.25) is 0 Å². The zero-order valence-electron chi connectivity index (χ0n) is 6.37. The molecule has 0 atom stereocenters. The minimum absolute atomic E-state index is 0.0123. The first-order chi connectivity index (χ1) is 6.15. The van der Waals surface area contributed by atoms with Crippen molar-refractivity contribution in [2.75, 3.05) is 5.88 Å². The number of benzene rings is 1. The lowest BCUT2D eigenvalue weighted by Gasteiger charge is -1.95. The second kappa shape index (κ2) is 4.20. The van der Waals surface area contributed by atoms with Crippen molar-refractivity contribution in [3.8, 4) is 11.8 Å². The van der Waals surface area contributed by atoms with E-state index < -0.39 is 17.5 Å². The van der Waals surface area contributed by atoms with Gasteiger partial charge in [0.15, 0.2) is 11.6 Å². The molecule has 0 amide bonds. The third-order valence-corrected chi connectivity index (χ3v) is 1.43. The van der Waals surface area contributed by atoms with E-state index in [0.717, 1.165) is 0 Å². The Balaban J connectivity index is 3.16. The molecular weight excluding hydrogens is 201 g/mol. The molecule has 0 spiro atoms. The Morgan fingerprint density at radius 2 is 1.69 bits per heavy atom. The van der Waals surface area contributed by atoms with Crippen LogP contribution in [0, 0.1) is 29.3 Å².